The molecule has 110 valence electrons. The van der Waals surface area contributed by atoms with E-state index in [1.807, 2.05) is 4.90 Å². The lowest BCUT2D eigenvalue weighted by atomic mass is 9.85. The van der Waals surface area contributed by atoms with E-state index in [9.17, 15) is 4.79 Å². The number of methoxy groups -OCH3 is 1. The van der Waals surface area contributed by atoms with Crippen molar-refractivity contribution in [3.63, 3.8) is 0 Å². The van der Waals surface area contributed by atoms with Crippen LogP contribution in [0, 0.1) is 11.8 Å². The molecule has 1 aromatic rings. The molecular weight excluding hydrogens is 252 g/mol. The van der Waals surface area contributed by atoms with Crippen LogP contribution in [0.3, 0.4) is 0 Å². The van der Waals surface area contributed by atoms with Gasteiger partial charge in [0, 0.05) is 18.2 Å². The van der Waals surface area contributed by atoms with Gasteiger partial charge in [0.05, 0.1) is 12.8 Å². The third-order valence-electron chi connectivity index (χ3n) is 4.34. The molecule has 20 heavy (non-hydrogen) atoms. The van der Waals surface area contributed by atoms with Crippen LogP contribution in [0.25, 0.3) is 0 Å². The lowest BCUT2D eigenvalue weighted by molar-refractivity contribution is 0.0456. The number of benzene rings is 1. The van der Waals surface area contributed by atoms with E-state index < -0.39 is 0 Å². The number of amides is 1. The van der Waals surface area contributed by atoms with Crippen LogP contribution in [0.1, 0.15) is 37.6 Å². The molecule has 1 amide bonds. The van der Waals surface area contributed by atoms with Crippen molar-refractivity contribution < 1.29 is 9.53 Å². The number of piperidine rings is 1. The first-order valence-corrected chi connectivity index (χ1v) is 7.18. The van der Waals surface area contributed by atoms with E-state index in [1.54, 1.807) is 25.3 Å². The van der Waals surface area contributed by atoms with E-state index in [4.69, 9.17) is 10.5 Å². The zero-order valence-corrected chi connectivity index (χ0v) is 12.7. The van der Waals surface area contributed by atoms with Gasteiger partial charge < -0.3 is 15.4 Å². The first kappa shape index (κ1) is 14.7. The molecule has 2 rings (SSSR count). The standard InChI is InChI=1S/C16H24N2O2/c1-10-7-11(2)12(3)18(9-10)16(19)13-5-6-15(20-4)14(17)8-13/h5-6,8,10-12H,7,9,17H2,1-4H3. The quantitative estimate of drug-likeness (QED) is 0.845. The highest BCUT2D eigenvalue weighted by Crippen LogP contribution is 2.29. The molecule has 0 aliphatic carbocycles. The van der Waals surface area contributed by atoms with Crippen LogP contribution >= 0.6 is 0 Å². The number of carbonyl (C=O) groups is 1. The highest BCUT2D eigenvalue weighted by Gasteiger charge is 2.32. The molecule has 3 unspecified atom stereocenters. The average molecular weight is 276 g/mol. The molecule has 1 saturated heterocycles. The Hall–Kier alpha value is -1.71. The summed E-state index contributed by atoms with van der Waals surface area (Å²) in [6.07, 6.45) is 1.18. The smallest absolute Gasteiger partial charge is 0.254 e. The Morgan fingerprint density at radius 2 is 2.05 bits per heavy atom. The SMILES string of the molecule is COc1ccc(C(=O)N2CC(C)CC(C)C2C)cc1N. The molecule has 1 fully saturated rings. The first-order valence-electron chi connectivity index (χ1n) is 7.18. The molecular formula is C16H24N2O2. The molecule has 1 aliphatic heterocycles. The van der Waals surface area contributed by atoms with Crippen LogP contribution in [0.4, 0.5) is 5.69 Å². The van der Waals surface area contributed by atoms with Crippen LogP contribution in [0.5, 0.6) is 5.75 Å². The van der Waals surface area contributed by atoms with Gasteiger partial charge in [-0.25, -0.2) is 0 Å². The minimum absolute atomic E-state index is 0.0604. The molecule has 2 N–H and O–H groups in total. The van der Waals surface area contributed by atoms with Crippen molar-refractivity contribution in [2.45, 2.75) is 33.2 Å². The van der Waals surface area contributed by atoms with Gasteiger partial charge in [0.1, 0.15) is 5.75 Å². The summed E-state index contributed by atoms with van der Waals surface area (Å²) in [5, 5.41) is 0. The van der Waals surface area contributed by atoms with Gasteiger partial charge in [0.2, 0.25) is 0 Å². The third kappa shape index (κ3) is 2.74. The maximum absolute atomic E-state index is 12.7. The van der Waals surface area contributed by atoms with E-state index in [2.05, 4.69) is 20.8 Å². The molecule has 1 aromatic carbocycles. The number of carbonyl (C=O) groups excluding carboxylic acids is 1. The normalized spacial score (nSPS) is 26.4. The zero-order valence-electron chi connectivity index (χ0n) is 12.7. The monoisotopic (exact) mass is 276 g/mol. The summed E-state index contributed by atoms with van der Waals surface area (Å²) in [4.78, 5) is 14.7. The second kappa shape index (κ2) is 5.73. The number of ether oxygens (including phenoxy) is 1. The fraction of sp³-hybridized carbons (Fsp3) is 0.562. The van der Waals surface area contributed by atoms with Crippen molar-refractivity contribution in [2.75, 3.05) is 19.4 Å². The number of anilines is 1. The van der Waals surface area contributed by atoms with Gasteiger partial charge in [0.25, 0.3) is 5.91 Å². The number of nitrogens with two attached hydrogens (primary N) is 1. The predicted molar refractivity (Wildman–Crippen MR) is 80.8 cm³/mol. The van der Waals surface area contributed by atoms with Crippen molar-refractivity contribution in [1.29, 1.82) is 0 Å². The largest absolute Gasteiger partial charge is 0.495 e. The van der Waals surface area contributed by atoms with Gasteiger partial charge in [-0.1, -0.05) is 13.8 Å². The van der Waals surface area contributed by atoms with Crippen LogP contribution < -0.4 is 10.5 Å². The van der Waals surface area contributed by atoms with Crippen molar-refractivity contribution in [3.05, 3.63) is 23.8 Å². The van der Waals surface area contributed by atoms with Crippen molar-refractivity contribution in [1.82, 2.24) is 4.90 Å². The first-order chi connectivity index (χ1) is 9.43. The minimum atomic E-state index is 0.0604. The highest BCUT2D eigenvalue weighted by atomic mass is 16.5. The molecule has 0 saturated carbocycles. The Morgan fingerprint density at radius 1 is 1.35 bits per heavy atom. The van der Waals surface area contributed by atoms with Gasteiger partial charge in [0.15, 0.2) is 0 Å². The number of nitrogen functional groups attached to an aromatic ring is 1. The van der Waals surface area contributed by atoms with E-state index in [1.165, 1.54) is 6.42 Å². The summed E-state index contributed by atoms with van der Waals surface area (Å²) in [7, 11) is 1.57. The Bertz CT molecular complexity index is 501. The summed E-state index contributed by atoms with van der Waals surface area (Å²) >= 11 is 0. The Balaban J connectivity index is 2.24. The zero-order chi connectivity index (χ0) is 14.9. The molecule has 0 radical (unpaired) electrons. The molecule has 0 bridgehead atoms. The number of nitrogens with zero attached hydrogens (tertiary/aromatic N) is 1. The van der Waals surface area contributed by atoms with Crippen molar-refractivity contribution in [2.24, 2.45) is 11.8 Å². The van der Waals surface area contributed by atoms with E-state index >= 15 is 0 Å². The molecule has 0 aromatic heterocycles. The molecule has 1 aliphatic rings. The maximum Gasteiger partial charge on any atom is 0.254 e. The average Bonchev–Trinajstić information content (AvgIpc) is 2.42. The van der Waals surface area contributed by atoms with Gasteiger partial charge in [-0.2, -0.15) is 0 Å². The second-order valence-corrected chi connectivity index (χ2v) is 5.97. The van der Waals surface area contributed by atoms with Crippen LogP contribution in [-0.2, 0) is 0 Å². The van der Waals surface area contributed by atoms with Crippen LogP contribution in [0.2, 0.25) is 0 Å². The van der Waals surface area contributed by atoms with Crippen molar-refractivity contribution in [3.8, 4) is 5.75 Å². The van der Waals surface area contributed by atoms with Crippen LogP contribution in [-0.4, -0.2) is 30.5 Å². The number of rotatable bonds is 2. The fourth-order valence-corrected chi connectivity index (χ4v) is 3.02. The Kier molecular flexibility index (Phi) is 4.21. The summed E-state index contributed by atoms with van der Waals surface area (Å²) in [6, 6.07) is 5.51. The second-order valence-electron chi connectivity index (χ2n) is 5.97. The molecule has 1 heterocycles. The summed E-state index contributed by atoms with van der Waals surface area (Å²) in [5.74, 6) is 1.74. The maximum atomic E-state index is 12.7. The van der Waals surface area contributed by atoms with E-state index in [0.29, 0.717) is 28.8 Å². The van der Waals surface area contributed by atoms with Gasteiger partial charge in [-0.3, -0.25) is 4.79 Å². The molecule has 4 heteroatoms. The van der Waals surface area contributed by atoms with Crippen molar-refractivity contribution >= 4 is 11.6 Å². The van der Waals surface area contributed by atoms with Gasteiger partial charge in [-0.15, -0.1) is 0 Å². The number of hydrogen-bond acceptors (Lipinski definition) is 3. The molecule has 4 nitrogen and oxygen atoms in total. The third-order valence-corrected chi connectivity index (χ3v) is 4.34. The minimum Gasteiger partial charge on any atom is -0.495 e. The summed E-state index contributed by atoms with van der Waals surface area (Å²) in [6.45, 7) is 7.35. The molecule has 3 atom stereocenters. The Morgan fingerprint density at radius 3 is 2.65 bits per heavy atom. The van der Waals surface area contributed by atoms with Gasteiger partial charge in [-0.05, 0) is 43.4 Å². The number of hydrogen-bond donors (Lipinski definition) is 1. The lowest BCUT2D eigenvalue weighted by Crippen LogP contribution is -2.48. The van der Waals surface area contributed by atoms with Gasteiger partial charge >= 0.3 is 0 Å². The highest BCUT2D eigenvalue weighted by molar-refractivity contribution is 5.95. The Labute approximate surface area is 120 Å². The lowest BCUT2D eigenvalue weighted by Gasteiger charge is -2.41. The fourth-order valence-electron chi connectivity index (χ4n) is 3.02. The summed E-state index contributed by atoms with van der Waals surface area (Å²) < 4.78 is 5.13. The topological polar surface area (TPSA) is 55.6 Å². The predicted octanol–water partition coefficient (Wildman–Crippen LogP) is 2.78. The summed E-state index contributed by atoms with van der Waals surface area (Å²) in [5.41, 5.74) is 7.03. The van der Waals surface area contributed by atoms with Crippen LogP contribution in [0.15, 0.2) is 18.2 Å². The molecule has 0 spiro atoms. The van der Waals surface area contributed by atoms with E-state index in [0.717, 1.165) is 6.54 Å². The number of likely N-dealkylation sites (tertiary alicyclic amines) is 1. The van der Waals surface area contributed by atoms with E-state index in [-0.39, 0.29) is 11.9 Å².